The number of fused-ring (bicyclic) bond motifs is 9. The van der Waals surface area contributed by atoms with E-state index in [1.165, 1.54) is 94.5 Å². The highest BCUT2D eigenvalue weighted by Crippen LogP contribution is 2.63. The van der Waals surface area contributed by atoms with Gasteiger partial charge >= 0.3 is 0 Å². The smallest absolute Gasteiger partial charge is 0.0755 e. The molecule has 1 spiro atoms. The molecular weight excluding hydrogens is 642 g/mol. The van der Waals surface area contributed by atoms with E-state index in [0.29, 0.717) is 0 Å². The lowest BCUT2D eigenvalue weighted by Crippen LogP contribution is -2.36. The van der Waals surface area contributed by atoms with Crippen molar-refractivity contribution in [2.24, 2.45) is 0 Å². The molecule has 0 N–H and O–H groups in total. The van der Waals surface area contributed by atoms with Crippen LogP contribution in [0.15, 0.2) is 118 Å². The van der Waals surface area contributed by atoms with Crippen molar-refractivity contribution >= 4 is 48.9 Å². The third kappa shape index (κ3) is 4.48. The molecule has 1 heterocycles. The minimum atomic E-state index is -0.417. The summed E-state index contributed by atoms with van der Waals surface area (Å²) in [6.45, 7) is 2.28. The first-order valence-electron chi connectivity index (χ1n) is 15.3. The Morgan fingerprint density at radius 2 is 1.07 bits per heavy atom. The Morgan fingerprint density at radius 1 is 0.548 bits per heavy atom. The average Bonchev–Trinajstić information content (AvgIpc) is 3.29. The molecule has 0 saturated carbocycles. The number of nitrogens with zero attached hydrogens (tertiary/aromatic N) is 1. The number of unbranched alkanes of at least 4 members (excludes halogenated alkanes) is 5. The van der Waals surface area contributed by atoms with Crippen LogP contribution in [0.25, 0.3) is 11.1 Å². The number of anilines is 3. The SMILES string of the molecule is CCCCCCCCc1ccc(N2c3ccccc3C3(c4cc(Br)ccc4-c4ccc(Br)cc43)c3ccccc32)cc1. The van der Waals surface area contributed by atoms with Gasteiger partial charge in [0.1, 0.15) is 0 Å². The largest absolute Gasteiger partial charge is 0.310 e. The molecule has 0 unspecified atom stereocenters. The number of benzene rings is 5. The monoisotopic (exact) mass is 675 g/mol. The summed E-state index contributed by atoms with van der Waals surface area (Å²) in [7, 11) is 0. The van der Waals surface area contributed by atoms with E-state index in [1.807, 2.05) is 0 Å². The fraction of sp³-hybridized carbons (Fsp3) is 0.231. The fourth-order valence-electron chi connectivity index (χ4n) is 7.29. The van der Waals surface area contributed by atoms with E-state index in [1.54, 1.807) is 0 Å². The van der Waals surface area contributed by atoms with Crippen LogP contribution in [-0.2, 0) is 11.8 Å². The summed E-state index contributed by atoms with van der Waals surface area (Å²) in [5.41, 5.74) is 12.6. The van der Waals surface area contributed by atoms with Gasteiger partial charge in [0.15, 0.2) is 0 Å². The minimum Gasteiger partial charge on any atom is -0.310 e. The molecule has 0 saturated heterocycles. The summed E-state index contributed by atoms with van der Waals surface area (Å²) in [6, 6.07) is 40.9. The molecule has 0 radical (unpaired) electrons. The van der Waals surface area contributed by atoms with E-state index in [-0.39, 0.29) is 0 Å². The van der Waals surface area contributed by atoms with Gasteiger partial charge in [0.25, 0.3) is 0 Å². The van der Waals surface area contributed by atoms with Crippen molar-refractivity contribution in [1.82, 2.24) is 0 Å². The zero-order valence-electron chi connectivity index (χ0n) is 24.0. The predicted molar refractivity (Wildman–Crippen MR) is 184 cm³/mol. The number of rotatable bonds is 8. The summed E-state index contributed by atoms with van der Waals surface area (Å²) in [4.78, 5) is 2.47. The molecule has 1 aliphatic heterocycles. The molecule has 0 fully saturated rings. The maximum Gasteiger partial charge on any atom is 0.0755 e. The summed E-state index contributed by atoms with van der Waals surface area (Å²) in [5.74, 6) is 0. The van der Waals surface area contributed by atoms with Crippen LogP contribution < -0.4 is 4.90 Å². The molecule has 42 heavy (non-hydrogen) atoms. The van der Waals surface area contributed by atoms with Gasteiger partial charge < -0.3 is 4.90 Å². The molecule has 0 amide bonds. The van der Waals surface area contributed by atoms with E-state index in [4.69, 9.17) is 0 Å². The number of hydrogen-bond acceptors (Lipinski definition) is 1. The first kappa shape index (κ1) is 27.7. The average molecular weight is 678 g/mol. The highest BCUT2D eigenvalue weighted by atomic mass is 79.9. The molecule has 1 nitrogen and oxygen atoms in total. The van der Waals surface area contributed by atoms with E-state index in [0.717, 1.165) is 15.4 Å². The van der Waals surface area contributed by atoms with Gasteiger partial charge in [0.05, 0.1) is 16.8 Å². The van der Waals surface area contributed by atoms with Gasteiger partial charge in [-0.25, -0.2) is 0 Å². The second kappa shape index (κ2) is 11.5. The van der Waals surface area contributed by atoms with Crippen LogP contribution in [0.4, 0.5) is 17.1 Å². The van der Waals surface area contributed by atoms with Crippen molar-refractivity contribution in [1.29, 1.82) is 0 Å². The highest BCUT2D eigenvalue weighted by molar-refractivity contribution is 9.10. The van der Waals surface area contributed by atoms with Gasteiger partial charge in [0.2, 0.25) is 0 Å². The van der Waals surface area contributed by atoms with Gasteiger partial charge in [0, 0.05) is 14.6 Å². The van der Waals surface area contributed by atoms with Crippen LogP contribution in [0.5, 0.6) is 0 Å². The van der Waals surface area contributed by atoms with Crippen LogP contribution in [0.1, 0.15) is 73.3 Å². The van der Waals surface area contributed by atoms with Gasteiger partial charge in [-0.05, 0) is 100 Å². The van der Waals surface area contributed by atoms with Crippen LogP contribution in [0.3, 0.4) is 0 Å². The lowest BCUT2D eigenvalue weighted by Gasteiger charge is -2.45. The van der Waals surface area contributed by atoms with Crippen LogP contribution in [0, 0.1) is 0 Å². The maximum absolute atomic E-state index is 3.82. The number of aryl methyl sites for hydroxylation is 1. The molecule has 0 bridgehead atoms. The van der Waals surface area contributed by atoms with Crippen LogP contribution in [0.2, 0.25) is 0 Å². The van der Waals surface area contributed by atoms with E-state index >= 15 is 0 Å². The first-order chi connectivity index (χ1) is 20.6. The third-order valence-electron chi connectivity index (χ3n) is 9.17. The molecule has 2 aliphatic rings. The van der Waals surface area contributed by atoms with Crippen molar-refractivity contribution in [2.75, 3.05) is 4.90 Å². The Hall–Kier alpha value is -3.14. The summed E-state index contributed by atoms with van der Waals surface area (Å²) in [5, 5.41) is 0. The second-order valence-corrected chi connectivity index (χ2v) is 13.5. The number of hydrogen-bond donors (Lipinski definition) is 0. The molecule has 1 aliphatic carbocycles. The van der Waals surface area contributed by atoms with Gasteiger partial charge in [-0.2, -0.15) is 0 Å². The summed E-state index contributed by atoms with van der Waals surface area (Å²) >= 11 is 7.65. The minimum absolute atomic E-state index is 0.417. The molecular formula is C39H35Br2N. The quantitative estimate of drug-likeness (QED) is 0.145. The third-order valence-corrected chi connectivity index (χ3v) is 10.2. The highest BCUT2D eigenvalue weighted by Gasteiger charge is 2.51. The Labute approximate surface area is 266 Å². The van der Waals surface area contributed by atoms with Crippen molar-refractivity contribution in [3.8, 4) is 11.1 Å². The maximum atomic E-state index is 3.82. The Kier molecular flexibility index (Phi) is 7.58. The van der Waals surface area contributed by atoms with Crippen molar-refractivity contribution in [3.63, 3.8) is 0 Å². The fourth-order valence-corrected chi connectivity index (χ4v) is 8.02. The molecule has 5 aromatic carbocycles. The van der Waals surface area contributed by atoms with Gasteiger partial charge in [-0.15, -0.1) is 0 Å². The van der Waals surface area contributed by atoms with Gasteiger partial charge in [-0.3, -0.25) is 0 Å². The van der Waals surface area contributed by atoms with E-state index in [2.05, 4.69) is 153 Å². The Balaban J connectivity index is 1.36. The van der Waals surface area contributed by atoms with Gasteiger partial charge in [-0.1, -0.05) is 132 Å². The van der Waals surface area contributed by atoms with Crippen molar-refractivity contribution in [3.05, 3.63) is 146 Å². The zero-order valence-corrected chi connectivity index (χ0v) is 27.2. The normalized spacial score (nSPS) is 13.9. The molecule has 5 aromatic rings. The standard InChI is InChI=1S/C39H35Br2N/c1-2-3-4-5-6-7-12-27-17-21-30(22-18-27)42-37-15-10-8-13-33(37)39(34-14-9-11-16-38(34)42)35-25-28(40)19-23-31(35)32-24-20-29(41)26-36(32)39/h8-11,13-26H,2-7,12H2,1H3. The zero-order chi connectivity index (χ0) is 28.7. The van der Waals surface area contributed by atoms with Crippen LogP contribution >= 0.6 is 31.9 Å². The molecule has 0 atom stereocenters. The topological polar surface area (TPSA) is 3.24 Å². The lowest BCUT2D eigenvalue weighted by molar-refractivity contribution is 0.607. The Morgan fingerprint density at radius 3 is 1.64 bits per heavy atom. The molecule has 210 valence electrons. The second-order valence-electron chi connectivity index (χ2n) is 11.7. The lowest BCUT2D eigenvalue weighted by atomic mass is 9.64. The summed E-state index contributed by atoms with van der Waals surface area (Å²) < 4.78 is 2.21. The Bertz CT molecular complexity index is 1650. The van der Waals surface area contributed by atoms with Crippen molar-refractivity contribution in [2.45, 2.75) is 57.3 Å². The number of para-hydroxylation sites is 2. The molecule has 3 heteroatoms. The van der Waals surface area contributed by atoms with Crippen molar-refractivity contribution < 1.29 is 0 Å². The van der Waals surface area contributed by atoms with Crippen LogP contribution in [-0.4, -0.2) is 0 Å². The first-order valence-corrected chi connectivity index (χ1v) is 16.9. The van der Waals surface area contributed by atoms with E-state index < -0.39 is 5.41 Å². The number of halogens is 2. The van der Waals surface area contributed by atoms with E-state index in [9.17, 15) is 0 Å². The predicted octanol–water partition coefficient (Wildman–Crippen LogP) is 12.3. The summed E-state index contributed by atoms with van der Waals surface area (Å²) in [6.07, 6.45) is 9.14. The molecule has 7 rings (SSSR count). The molecule has 0 aromatic heterocycles.